The molecule has 19 heavy (non-hydrogen) atoms. The van der Waals surface area contributed by atoms with Gasteiger partial charge in [0.15, 0.2) is 0 Å². The first kappa shape index (κ1) is 13.8. The van der Waals surface area contributed by atoms with Gasteiger partial charge in [0.1, 0.15) is 0 Å². The number of nitrogens with one attached hydrogen (secondary N) is 1. The third-order valence-electron chi connectivity index (χ3n) is 3.04. The highest BCUT2D eigenvalue weighted by molar-refractivity contribution is 7.98. The average Bonchev–Trinajstić information content (AvgIpc) is 2.46. The normalized spacial score (nSPS) is 10.3. The number of nitrogens with zero attached hydrogens (tertiary/aromatic N) is 1. The maximum absolute atomic E-state index is 3.44. The third kappa shape index (κ3) is 3.93. The molecule has 3 heteroatoms. The summed E-state index contributed by atoms with van der Waals surface area (Å²) >= 11 is 1.77. The van der Waals surface area contributed by atoms with Crippen LogP contribution < -0.4 is 10.2 Å². The van der Waals surface area contributed by atoms with Gasteiger partial charge in [-0.1, -0.05) is 12.1 Å². The van der Waals surface area contributed by atoms with E-state index < -0.39 is 0 Å². The van der Waals surface area contributed by atoms with E-state index in [0.29, 0.717) is 0 Å². The Kier molecular flexibility index (Phi) is 4.74. The summed E-state index contributed by atoms with van der Waals surface area (Å²) < 4.78 is 0. The van der Waals surface area contributed by atoms with Gasteiger partial charge in [-0.25, -0.2) is 0 Å². The zero-order valence-corrected chi connectivity index (χ0v) is 12.5. The Labute approximate surface area is 119 Å². The molecule has 0 saturated carbocycles. The number of hydrogen-bond acceptors (Lipinski definition) is 3. The molecule has 2 rings (SSSR count). The Balaban J connectivity index is 1.94. The van der Waals surface area contributed by atoms with E-state index in [-0.39, 0.29) is 0 Å². The van der Waals surface area contributed by atoms with Crippen LogP contribution in [0.4, 0.5) is 11.4 Å². The molecule has 0 aliphatic carbocycles. The van der Waals surface area contributed by atoms with Crippen LogP contribution in [0.2, 0.25) is 0 Å². The van der Waals surface area contributed by atoms with Crippen LogP contribution in [0.5, 0.6) is 0 Å². The fraction of sp³-hybridized carbons (Fsp3) is 0.250. The van der Waals surface area contributed by atoms with E-state index in [9.17, 15) is 0 Å². The maximum atomic E-state index is 3.44. The van der Waals surface area contributed by atoms with E-state index in [0.717, 1.165) is 12.2 Å². The lowest BCUT2D eigenvalue weighted by Gasteiger charge is -2.13. The smallest absolute Gasteiger partial charge is 0.0400 e. The van der Waals surface area contributed by atoms with Gasteiger partial charge in [0.2, 0.25) is 0 Å². The van der Waals surface area contributed by atoms with Crippen molar-refractivity contribution < 1.29 is 0 Å². The first-order chi connectivity index (χ1) is 9.19. The molecule has 0 bridgehead atoms. The quantitative estimate of drug-likeness (QED) is 0.825. The van der Waals surface area contributed by atoms with E-state index >= 15 is 0 Å². The van der Waals surface area contributed by atoms with Gasteiger partial charge in [-0.15, -0.1) is 11.8 Å². The SMILES string of the molecule is CSc1ccc(CNc2ccc(N(C)C)cc2)cc1. The maximum Gasteiger partial charge on any atom is 0.0400 e. The summed E-state index contributed by atoms with van der Waals surface area (Å²) in [6.07, 6.45) is 2.10. The van der Waals surface area contributed by atoms with Crippen molar-refractivity contribution >= 4 is 23.1 Å². The highest BCUT2D eigenvalue weighted by Crippen LogP contribution is 2.18. The van der Waals surface area contributed by atoms with Crippen LogP contribution in [0, 0.1) is 0 Å². The number of thioether (sulfide) groups is 1. The Morgan fingerprint density at radius 3 is 2.11 bits per heavy atom. The number of anilines is 2. The molecule has 0 aliphatic rings. The van der Waals surface area contributed by atoms with Crippen molar-refractivity contribution in [1.29, 1.82) is 0 Å². The standard InChI is InChI=1S/C16H20N2S/c1-18(2)15-8-6-14(7-9-15)17-12-13-4-10-16(19-3)11-5-13/h4-11,17H,12H2,1-3H3. The fourth-order valence-electron chi connectivity index (χ4n) is 1.82. The van der Waals surface area contributed by atoms with Crippen LogP contribution in [0.15, 0.2) is 53.4 Å². The van der Waals surface area contributed by atoms with Crippen LogP contribution in [0.3, 0.4) is 0 Å². The third-order valence-corrected chi connectivity index (χ3v) is 3.78. The summed E-state index contributed by atoms with van der Waals surface area (Å²) in [5.74, 6) is 0. The zero-order chi connectivity index (χ0) is 13.7. The van der Waals surface area contributed by atoms with Crippen molar-refractivity contribution in [3.8, 4) is 0 Å². The molecule has 2 aromatic carbocycles. The number of rotatable bonds is 5. The highest BCUT2D eigenvalue weighted by atomic mass is 32.2. The summed E-state index contributed by atoms with van der Waals surface area (Å²) in [4.78, 5) is 3.41. The molecule has 0 aliphatic heterocycles. The molecular weight excluding hydrogens is 252 g/mol. The number of hydrogen-bond donors (Lipinski definition) is 1. The minimum atomic E-state index is 0.857. The van der Waals surface area contributed by atoms with Gasteiger partial charge >= 0.3 is 0 Å². The van der Waals surface area contributed by atoms with Crippen molar-refractivity contribution in [2.45, 2.75) is 11.4 Å². The summed E-state index contributed by atoms with van der Waals surface area (Å²) in [6, 6.07) is 17.2. The summed E-state index contributed by atoms with van der Waals surface area (Å²) in [7, 11) is 4.10. The molecule has 0 saturated heterocycles. The summed E-state index contributed by atoms with van der Waals surface area (Å²) in [5, 5.41) is 3.44. The van der Waals surface area contributed by atoms with Gasteiger partial charge in [-0.2, -0.15) is 0 Å². The Morgan fingerprint density at radius 1 is 0.947 bits per heavy atom. The second-order valence-corrected chi connectivity index (χ2v) is 5.52. The van der Waals surface area contributed by atoms with E-state index in [1.165, 1.54) is 16.1 Å². The van der Waals surface area contributed by atoms with Crippen LogP contribution >= 0.6 is 11.8 Å². The molecular formula is C16H20N2S. The van der Waals surface area contributed by atoms with Crippen molar-refractivity contribution in [2.75, 3.05) is 30.6 Å². The van der Waals surface area contributed by atoms with Crippen molar-refractivity contribution in [3.05, 3.63) is 54.1 Å². The van der Waals surface area contributed by atoms with Crippen LogP contribution in [-0.2, 0) is 6.54 Å². The Bertz CT molecular complexity index is 503. The van der Waals surface area contributed by atoms with E-state index in [1.807, 2.05) is 0 Å². The lowest BCUT2D eigenvalue weighted by molar-refractivity contribution is 1.12. The van der Waals surface area contributed by atoms with Gasteiger partial charge in [-0.05, 0) is 48.2 Å². The molecule has 0 atom stereocenters. The van der Waals surface area contributed by atoms with Crippen LogP contribution in [0.1, 0.15) is 5.56 Å². The molecule has 100 valence electrons. The lowest BCUT2D eigenvalue weighted by atomic mass is 10.2. The van der Waals surface area contributed by atoms with E-state index in [1.54, 1.807) is 11.8 Å². The molecule has 2 nitrogen and oxygen atoms in total. The average molecular weight is 272 g/mol. The van der Waals surface area contributed by atoms with Crippen molar-refractivity contribution in [1.82, 2.24) is 0 Å². The zero-order valence-electron chi connectivity index (χ0n) is 11.7. The fourth-order valence-corrected chi connectivity index (χ4v) is 2.23. The molecule has 0 amide bonds. The van der Waals surface area contributed by atoms with Gasteiger partial charge in [0.25, 0.3) is 0 Å². The topological polar surface area (TPSA) is 15.3 Å². The Morgan fingerprint density at radius 2 is 1.58 bits per heavy atom. The Hall–Kier alpha value is -1.61. The van der Waals surface area contributed by atoms with E-state index in [2.05, 4.69) is 79.1 Å². The minimum absolute atomic E-state index is 0.857. The largest absolute Gasteiger partial charge is 0.381 e. The van der Waals surface area contributed by atoms with Gasteiger partial charge < -0.3 is 10.2 Å². The predicted octanol–water partition coefficient (Wildman–Crippen LogP) is 4.09. The molecule has 0 fully saturated rings. The molecule has 0 spiro atoms. The monoisotopic (exact) mass is 272 g/mol. The summed E-state index contributed by atoms with van der Waals surface area (Å²) in [5.41, 5.74) is 3.67. The van der Waals surface area contributed by atoms with E-state index in [4.69, 9.17) is 0 Å². The molecule has 0 heterocycles. The molecule has 0 aromatic heterocycles. The molecule has 0 unspecified atom stereocenters. The van der Waals surface area contributed by atoms with Gasteiger partial charge in [0.05, 0.1) is 0 Å². The van der Waals surface area contributed by atoms with Crippen molar-refractivity contribution in [3.63, 3.8) is 0 Å². The molecule has 0 radical (unpaired) electrons. The first-order valence-corrected chi connectivity index (χ1v) is 7.55. The van der Waals surface area contributed by atoms with Crippen LogP contribution in [-0.4, -0.2) is 20.4 Å². The molecule has 1 N–H and O–H groups in total. The second kappa shape index (κ2) is 6.53. The predicted molar refractivity (Wildman–Crippen MR) is 86.3 cm³/mol. The first-order valence-electron chi connectivity index (χ1n) is 6.33. The molecule has 2 aromatic rings. The highest BCUT2D eigenvalue weighted by Gasteiger charge is 1.97. The van der Waals surface area contributed by atoms with Gasteiger partial charge in [-0.3, -0.25) is 0 Å². The van der Waals surface area contributed by atoms with Crippen molar-refractivity contribution in [2.24, 2.45) is 0 Å². The lowest BCUT2D eigenvalue weighted by Crippen LogP contribution is -2.08. The van der Waals surface area contributed by atoms with Crippen LogP contribution in [0.25, 0.3) is 0 Å². The number of benzene rings is 2. The summed E-state index contributed by atoms with van der Waals surface area (Å²) in [6.45, 7) is 0.857. The van der Waals surface area contributed by atoms with Gasteiger partial charge in [0, 0.05) is 36.9 Å². The minimum Gasteiger partial charge on any atom is -0.381 e. The second-order valence-electron chi connectivity index (χ2n) is 4.64.